The number of benzene rings is 2. The van der Waals surface area contributed by atoms with Crippen molar-refractivity contribution < 1.29 is 0 Å². The van der Waals surface area contributed by atoms with Gasteiger partial charge in [-0.25, -0.2) is 0 Å². The van der Waals surface area contributed by atoms with E-state index >= 15 is 0 Å². The fourth-order valence-electron chi connectivity index (χ4n) is 1.92. The highest BCUT2D eigenvalue weighted by Gasteiger charge is 2.08. The van der Waals surface area contributed by atoms with Crippen LogP contribution in [0.1, 0.15) is 5.56 Å². The predicted octanol–water partition coefficient (Wildman–Crippen LogP) is 5.13. The molecule has 106 valence electrons. The third-order valence-corrected chi connectivity index (χ3v) is 5.24. The van der Waals surface area contributed by atoms with Gasteiger partial charge in [0.25, 0.3) is 0 Å². The van der Waals surface area contributed by atoms with E-state index < -0.39 is 0 Å². The number of hydrogen-bond acceptors (Lipinski definition) is 2. The van der Waals surface area contributed by atoms with Gasteiger partial charge in [-0.3, -0.25) is 0 Å². The Labute approximate surface area is 141 Å². The highest BCUT2D eigenvalue weighted by atomic mass is 79.9. The van der Waals surface area contributed by atoms with Gasteiger partial charge in [0.15, 0.2) is 0 Å². The average Bonchev–Trinajstić information content (AvgIpc) is 2.45. The van der Waals surface area contributed by atoms with Gasteiger partial charge in [-0.05, 0) is 55.4 Å². The van der Waals surface area contributed by atoms with E-state index in [9.17, 15) is 0 Å². The van der Waals surface area contributed by atoms with Crippen LogP contribution in [0.3, 0.4) is 0 Å². The second-order valence-corrected chi connectivity index (χ2v) is 7.51. The van der Waals surface area contributed by atoms with Crippen molar-refractivity contribution in [2.24, 2.45) is 0 Å². The molecule has 0 fully saturated rings. The zero-order chi connectivity index (χ0) is 14.4. The third kappa shape index (κ3) is 5.24. The summed E-state index contributed by atoms with van der Waals surface area (Å²) in [6.07, 6.45) is 1.04. The zero-order valence-electron chi connectivity index (χ0n) is 11.3. The Morgan fingerprint density at radius 3 is 2.45 bits per heavy atom. The first-order chi connectivity index (χ1) is 9.67. The molecular formula is C16H17Br2NS. The topological polar surface area (TPSA) is 12.0 Å². The lowest BCUT2D eigenvalue weighted by molar-refractivity contribution is 0.617. The molecule has 0 radical (unpaired) electrons. The number of thioether (sulfide) groups is 1. The monoisotopic (exact) mass is 413 g/mol. The van der Waals surface area contributed by atoms with Crippen LogP contribution in [0.15, 0.2) is 62.4 Å². The molecule has 20 heavy (non-hydrogen) atoms. The van der Waals surface area contributed by atoms with Crippen LogP contribution in [0.4, 0.5) is 0 Å². The van der Waals surface area contributed by atoms with E-state index in [1.165, 1.54) is 10.5 Å². The average molecular weight is 415 g/mol. The molecule has 1 N–H and O–H groups in total. The van der Waals surface area contributed by atoms with Crippen LogP contribution in [-0.2, 0) is 6.42 Å². The molecule has 0 aromatic heterocycles. The Kier molecular flexibility index (Phi) is 6.62. The molecule has 0 saturated carbocycles. The van der Waals surface area contributed by atoms with E-state index in [1.807, 2.05) is 18.8 Å². The maximum atomic E-state index is 3.53. The zero-order valence-corrected chi connectivity index (χ0v) is 15.3. The summed E-state index contributed by atoms with van der Waals surface area (Å²) in [7, 11) is 2.03. The number of halogens is 2. The lowest BCUT2D eigenvalue weighted by Crippen LogP contribution is -2.30. The molecule has 0 aliphatic rings. The van der Waals surface area contributed by atoms with Crippen molar-refractivity contribution in [1.82, 2.24) is 5.32 Å². The quantitative estimate of drug-likeness (QED) is 0.657. The van der Waals surface area contributed by atoms with Crippen LogP contribution in [0.5, 0.6) is 0 Å². The third-order valence-electron chi connectivity index (χ3n) is 3.04. The number of nitrogens with one attached hydrogen (secondary N) is 1. The fourth-order valence-corrected chi connectivity index (χ4v) is 3.64. The van der Waals surface area contributed by atoms with Crippen LogP contribution in [-0.4, -0.2) is 18.8 Å². The van der Waals surface area contributed by atoms with Crippen molar-refractivity contribution in [3.8, 4) is 0 Å². The van der Waals surface area contributed by atoms with E-state index in [-0.39, 0.29) is 0 Å². The Morgan fingerprint density at radius 1 is 1.05 bits per heavy atom. The summed E-state index contributed by atoms with van der Waals surface area (Å²) in [5.41, 5.74) is 1.36. The largest absolute Gasteiger partial charge is 0.316 e. The second-order valence-electron chi connectivity index (χ2n) is 4.58. The van der Waals surface area contributed by atoms with Crippen molar-refractivity contribution in [3.63, 3.8) is 0 Å². The molecule has 2 aromatic rings. The van der Waals surface area contributed by atoms with E-state index in [0.717, 1.165) is 21.1 Å². The lowest BCUT2D eigenvalue weighted by Gasteiger charge is -2.16. The minimum atomic E-state index is 0.470. The summed E-state index contributed by atoms with van der Waals surface area (Å²) < 4.78 is 2.27. The summed E-state index contributed by atoms with van der Waals surface area (Å²) in [5, 5.41) is 3.41. The number of hydrogen-bond donors (Lipinski definition) is 1. The highest BCUT2D eigenvalue weighted by Crippen LogP contribution is 2.22. The van der Waals surface area contributed by atoms with Crippen LogP contribution in [0.2, 0.25) is 0 Å². The van der Waals surface area contributed by atoms with Gasteiger partial charge in [-0.15, -0.1) is 11.8 Å². The smallest absolute Gasteiger partial charge is 0.0199 e. The first-order valence-electron chi connectivity index (χ1n) is 6.47. The van der Waals surface area contributed by atoms with E-state index in [2.05, 4.69) is 85.7 Å². The summed E-state index contributed by atoms with van der Waals surface area (Å²) in [6, 6.07) is 17.5. The van der Waals surface area contributed by atoms with Gasteiger partial charge >= 0.3 is 0 Å². The first kappa shape index (κ1) is 16.1. The van der Waals surface area contributed by atoms with Crippen molar-refractivity contribution in [1.29, 1.82) is 0 Å². The predicted molar refractivity (Wildman–Crippen MR) is 95.6 cm³/mol. The molecule has 0 spiro atoms. The van der Waals surface area contributed by atoms with Gasteiger partial charge in [-0.2, -0.15) is 0 Å². The molecule has 1 atom stereocenters. The van der Waals surface area contributed by atoms with Crippen LogP contribution >= 0.6 is 43.6 Å². The Morgan fingerprint density at radius 2 is 1.80 bits per heavy atom. The van der Waals surface area contributed by atoms with Gasteiger partial charge in [0.1, 0.15) is 0 Å². The molecule has 0 bridgehead atoms. The SMILES string of the molecule is CNC(CSc1ccc(Br)cc1)Cc1cccc(Br)c1. The van der Waals surface area contributed by atoms with Gasteiger partial charge in [-0.1, -0.05) is 44.0 Å². The summed E-state index contributed by atoms with van der Waals surface area (Å²) >= 11 is 8.88. The van der Waals surface area contributed by atoms with E-state index in [1.54, 1.807) is 0 Å². The van der Waals surface area contributed by atoms with Gasteiger partial charge in [0.05, 0.1) is 0 Å². The van der Waals surface area contributed by atoms with Gasteiger partial charge in [0.2, 0.25) is 0 Å². The van der Waals surface area contributed by atoms with E-state index in [4.69, 9.17) is 0 Å². The molecule has 0 aliphatic carbocycles. The maximum Gasteiger partial charge on any atom is 0.0199 e. The summed E-state index contributed by atoms with van der Waals surface area (Å²) in [4.78, 5) is 1.31. The summed E-state index contributed by atoms with van der Waals surface area (Å²) in [6.45, 7) is 0. The molecule has 0 aliphatic heterocycles. The first-order valence-corrected chi connectivity index (χ1v) is 9.04. The molecule has 4 heteroatoms. The molecule has 2 rings (SSSR count). The van der Waals surface area contributed by atoms with Crippen LogP contribution in [0.25, 0.3) is 0 Å². The lowest BCUT2D eigenvalue weighted by atomic mass is 10.1. The number of rotatable bonds is 6. The van der Waals surface area contributed by atoms with Crippen molar-refractivity contribution in [3.05, 3.63) is 63.0 Å². The Balaban J connectivity index is 1.90. The molecule has 0 heterocycles. The van der Waals surface area contributed by atoms with Crippen LogP contribution in [0, 0.1) is 0 Å². The molecule has 0 amide bonds. The van der Waals surface area contributed by atoms with Gasteiger partial charge < -0.3 is 5.32 Å². The molecule has 0 saturated heterocycles. The Hall–Kier alpha value is -0.290. The van der Waals surface area contributed by atoms with E-state index in [0.29, 0.717) is 6.04 Å². The second kappa shape index (κ2) is 8.23. The fraction of sp³-hybridized carbons (Fsp3) is 0.250. The van der Waals surface area contributed by atoms with Crippen molar-refractivity contribution >= 4 is 43.6 Å². The molecular weight excluding hydrogens is 398 g/mol. The minimum absolute atomic E-state index is 0.470. The maximum absolute atomic E-state index is 3.53. The molecule has 1 unspecified atom stereocenters. The molecule has 1 nitrogen and oxygen atoms in total. The normalized spacial score (nSPS) is 12.3. The molecule has 2 aromatic carbocycles. The van der Waals surface area contributed by atoms with Crippen LogP contribution < -0.4 is 5.32 Å². The van der Waals surface area contributed by atoms with Gasteiger partial charge in [0, 0.05) is 25.6 Å². The highest BCUT2D eigenvalue weighted by molar-refractivity contribution is 9.10. The van der Waals surface area contributed by atoms with Crippen molar-refractivity contribution in [2.75, 3.05) is 12.8 Å². The number of likely N-dealkylation sites (N-methyl/N-ethyl adjacent to an activating group) is 1. The minimum Gasteiger partial charge on any atom is -0.316 e. The standard InChI is InChI=1S/C16H17Br2NS/c1-19-15(10-12-3-2-4-14(18)9-12)11-20-16-7-5-13(17)6-8-16/h2-9,15,19H,10-11H2,1H3. The Bertz CT molecular complexity index is 542. The summed E-state index contributed by atoms with van der Waals surface area (Å²) in [5.74, 6) is 1.06. The van der Waals surface area contributed by atoms with Crippen molar-refractivity contribution in [2.45, 2.75) is 17.4 Å².